The Bertz CT molecular complexity index is 612. The van der Waals surface area contributed by atoms with Gasteiger partial charge in [-0.25, -0.2) is 0 Å². The van der Waals surface area contributed by atoms with Gasteiger partial charge in [0, 0.05) is 38.4 Å². The third-order valence-corrected chi connectivity index (χ3v) is 3.26. The maximum atomic E-state index is 12.6. The molecule has 0 aliphatic carbocycles. The van der Waals surface area contributed by atoms with Gasteiger partial charge in [0.1, 0.15) is 0 Å². The van der Waals surface area contributed by atoms with E-state index in [4.69, 9.17) is 0 Å². The van der Waals surface area contributed by atoms with Crippen LogP contribution in [0, 0.1) is 6.92 Å². The number of hydrogen-bond donors (Lipinski definition) is 1. The first-order chi connectivity index (χ1) is 9.81. The van der Waals surface area contributed by atoms with E-state index >= 15 is 0 Å². The minimum atomic E-state index is -4.41. The average Bonchev–Trinajstić information content (AvgIpc) is 2.94. The molecule has 2 rings (SSSR count). The summed E-state index contributed by atoms with van der Waals surface area (Å²) in [6.07, 6.45) is -2.47. The van der Waals surface area contributed by atoms with Crippen molar-refractivity contribution in [1.29, 1.82) is 0 Å². The Balaban J connectivity index is 1.97. The highest BCUT2D eigenvalue weighted by Crippen LogP contribution is 2.28. The van der Waals surface area contributed by atoms with Crippen molar-refractivity contribution in [2.24, 2.45) is 7.05 Å². The van der Waals surface area contributed by atoms with Gasteiger partial charge in [-0.05, 0) is 19.9 Å². The second-order valence-electron chi connectivity index (χ2n) is 4.84. The van der Waals surface area contributed by atoms with Crippen molar-refractivity contribution in [1.82, 2.24) is 24.9 Å². The standard InChI is InChI=1S/C13H18F3N5/c1-4-21-8-10(9(2)18-21)6-17-7-11-5-12(13(14,15)16)19-20(11)3/h5,8,17H,4,6-7H2,1-3H3. The Morgan fingerprint density at radius 1 is 1.24 bits per heavy atom. The zero-order valence-electron chi connectivity index (χ0n) is 12.2. The third-order valence-electron chi connectivity index (χ3n) is 3.26. The molecule has 2 aromatic rings. The van der Waals surface area contributed by atoms with E-state index < -0.39 is 11.9 Å². The van der Waals surface area contributed by atoms with E-state index in [1.165, 1.54) is 11.7 Å². The molecule has 0 unspecified atom stereocenters. The molecule has 0 amide bonds. The molecule has 21 heavy (non-hydrogen) atoms. The molecular weight excluding hydrogens is 283 g/mol. The van der Waals surface area contributed by atoms with Crippen LogP contribution in [0.2, 0.25) is 0 Å². The van der Waals surface area contributed by atoms with Crippen molar-refractivity contribution in [2.45, 2.75) is 39.7 Å². The number of nitrogens with zero attached hydrogens (tertiary/aromatic N) is 4. The summed E-state index contributed by atoms with van der Waals surface area (Å²) in [5.74, 6) is 0. The number of aromatic nitrogens is 4. The second-order valence-corrected chi connectivity index (χ2v) is 4.84. The topological polar surface area (TPSA) is 47.7 Å². The van der Waals surface area contributed by atoms with Gasteiger partial charge in [-0.3, -0.25) is 9.36 Å². The van der Waals surface area contributed by atoms with Crippen LogP contribution in [0.25, 0.3) is 0 Å². The van der Waals surface area contributed by atoms with Crippen molar-refractivity contribution < 1.29 is 13.2 Å². The monoisotopic (exact) mass is 301 g/mol. The van der Waals surface area contributed by atoms with Gasteiger partial charge in [0.2, 0.25) is 0 Å². The normalized spacial score (nSPS) is 12.1. The fraction of sp³-hybridized carbons (Fsp3) is 0.538. The van der Waals surface area contributed by atoms with Crippen LogP contribution in [0.15, 0.2) is 12.3 Å². The fourth-order valence-electron chi connectivity index (χ4n) is 2.03. The highest BCUT2D eigenvalue weighted by atomic mass is 19.4. The predicted octanol–water partition coefficient (Wildman–Crippen LogP) is 2.25. The van der Waals surface area contributed by atoms with Crippen LogP contribution < -0.4 is 5.32 Å². The molecule has 8 heteroatoms. The lowest BCUT2D eigenvalue weighted by Crippen LogP contribution is -2.15. The Kier molecular flexibility index (Phi) is 4.36. The second kappa shape index (κ2) is 5.88. The van der Waals surface area contributed by atoms with Crippen molar-refractivity contribution in [3.63, 3.8) is 0 Å². The molecule has 5 nitrogen and oxygen atoms in total. The van der Waals surface area contributed by atoms with Crippen LogP contribution in [0.1, 0.15) is 29.6 Å². The van der Waals surface area contributed by atoms with Crippen LogP contribution in [-0.4, -0.2) is 19.6 Å². The summed E-state index contributed by atoms with van der Waals surface area (Å²) >= 11 is 0. The highest BCUT2D eigenvalue weighted by Gasteiger charge is 2.34. The maximum absolute atomic E-state index is 12.6. The summed E-state index contributed by atoms with van der Waals surface area (Å²) in [7, 11) is 1.51. The number of hydrogen-bond acceptors (Lipinski definition) is 3. The summed E-state index contributed by atoms with van der Waals surface area (Å²) in [4.78, 5) is 0. The minimum absolute atomic E-state index is 0.316. The summed E-state index contributed by atoms with van der Waals surface area (Å²) in [5.41, 5.74) is 1.58. The van der Waals surface area contributed by atoms with Crippen molar-refractivity contribution in [3.05, 3.63) is 34.9 Å². The van der Waals surface area contributed by atoms with Gasteiger partial charge in [0.15, 0.2) is 5.69 Å². The molecule has 0 spiro atoms. The van der Waals surface area contributed by atoms with Crippen molar-refractivity contribution in [2.75, 3.05) is 0 Å². The lowest BCUT2D eigenvalue weighted by Gasteiger charge is -2.04. The molecular formula is C13H18F3N5. The Hall–Kier alpha value is -1.83. The molecule has 0 aliphatic heterocycles. The van der Waals surface area contributed by atoms with Crippen LogP contribution in [-0.2, 0) is 32.9 Å². The molecule has 116 valence electrons. The summed E-state index contributed by atoms with van der Waals surface area (Å²) in [6, 6.07) is 1.06. The largest absolute Gasteiger partial charge is 0.435 e. The van der Waals surface area contributed by atoms with E-state index in [9.17, 15) is 13.2 Å². The van der Waals surface area contributed by atoms with E-state index in [-0.39, 0.29) is 0 Å². The fourth-order valence-corrected chi connectivity index (χ4v) is 2.03. The quantitative estimate of drug-likeness (QED) is 0.921. The van der Waals surface area contributed by atoms with Gasteiger partial charge in [-0.1, -0.05) is 0 Å². The average molecular weight is 301 g/mol. The molecule has 0 aromatic carbocycles. The molecule has 2 heterocycles. The zero-order valence-corrected chi connectivity index (χ0v) is 12.2. The van der Waals surface area contributed by atoms with Crippen LogP contribution >= 0.6 is 0 Å². The molecule has 0 fully saturated rings. The van der Waals surface area contributed by atoms with Gasteiger partial charge in [-0.15, -0.1) is 0 Å². The first-order valence-electron chi connectivity index (χ1n) is 6.65. The Morgan fingerprint density at radius 3 is 2.48 bits per heavy atom. The van der Waals surface area contributed by atoms with E-state index in [1.54, 1.807) is 0 Å². The lowest BCUT2D eigenvalue weighted by atomic mass is 10.2. The van der Waals surface area contributed by atoms with Gasteiger partial charge >= 0.3 is 6.18 Å². The Morgan fingerprint density at radius 2 is 1.95 bits per heavy atom. The maximum Gasteiger partial charge on any atom is 0.435 e. The highest BCUT2D eigenvalue weighted by molar-refractivity contribution is 5.16. The molecule has 0 saturated heterocycles. The number of nitrogens with one attached hydrogen (secondary N) is 1. The van der Waals surface area contributed by atoms with Gasteiger partial charge in [0.05, 0.1) is 11.4 Å². The minimum Gasteiger partial charge on any atom is -0.307 e. The molecule has 2 aromatic heterocycles. The van der Waals surface area contributed by atoms with Crippen molar-refractivity contribution >= 4 is 0 Å². The van der Waals surface area contributed by atoms with E-state index in [0.29, 0.717) is 18.8 Å². The first kappa shape index (κ1) is 15.6. The molecule has 0 radical (unpaired) electrons. The number of halogens is 3. The number of alkyl halides is 3. The third kappa shape index (κ3) is 3.63. The molecule has 0 bridgehead atoms. The van der Waals surface area contributed by atoms with Gasteiger partial charge < -0.3 is 5.32 Å². The van der Waals surface area contributed by atoms with E-state index in [1.807, 2.05) is 24.7 Å². The van der Waals surface area contributed by atoms with Crippen LogP contribution in [0.5, 0.6) is 0 Å². The number of rotatable bonds is 5. The van der Waals surface area contributed by atoms with Gasteiger partial charge in [0.25, 0.3) is 0 Å². The predicted molar refractivity (Wildman–Crippen MR) is 71.4 cm³/mol. The SMILES string of the molecule is CCn1cc(CNCc2cc(C(F)(F)F)nn2C)c(C)n1. The van der Waals surface area contributed by atoms with E-state index in [2.05, 4.69) is 15.5 Å². The molecule has 0 saturated carbocycles. The lowest BCUT2D eigenvalue weighted by molar-refractivity contribution is -0.141. The van der Waals surface area contributed by atoms with E-state index in [0.717, 1.165) is 23.9 Å². The first-order valence-corrected chi connectivity index (χ1v) is 6.65. The van der Waals surface area contributed by atoms with Crippen molar-refractivity contribution in [3.8, 4) is 0 Å². The molecule has 1 N–H and O–H groups in total. The van der Waals surface area contributed by atoms with Crippen LogP contribution in [0.3, 0.4) is 0 Å². The summed E-state index contributed by atoms with van der Waals surface area (Å²) < 4.78 is 40.7. The van der Waals surface area contributed by atoms with Gasteiger partial charge in [-0.2, -0.15) is 23.4 Å². The summed E-state index contributed by atoms with van der Waals surface area (Å²) in [5, 5.41) is 10.9. The number of aryl methyl sites for hydroxylation is 3. The van der Waals surface area contributed by atoms with Crippen LogP contribution in [0.4, 0.5) is 13.2 Å². The Labute approximate surface area is 120 Å². The zero-order chi connectivity index (χ0) is 15.6. The molecule has 0 atom stereocenters. The smallest absolute Gasteiger partial charge is 0.307 e. The summed E-state index contributed by atoms with van der Waals surface area (Å²) in [6.45, 7) is 5.57. The molecule has 0 aliphatic rings.